The molecule has 4 heteroatoms. The Kier molecular flexibility index (Phi) is 37.0. The van der Waals surface area contributed by atoms with Crippen molar-refractivity contribution in [3.63, 3.8) is 0 Å². The van der Waals surface area contributed by atoms with Gasteiger partial charge in [0, 0.05) is 6.42 Å². The molecule has 0 fully saturated rings. The van der Waals surface area contributed by atoms with E-state index < -0.39 is 12.1 Å². The van der Waals surface area contributed by atoms with E-state index >= 15 is 0 Å². The molecule has 0 aliphatic rings. The van der Waals surface area contributed by atoms with E-state index in [1.54, 1.807) is 0 Å². The van der Waals surface area contributed by atoms with Crippen LogP contribution >= 0.6 is 0 Å². The lowest BCUT2D eigenvalue weighted by Crippen LogP contribution is -2.45. The Labute approximate surface area is 292 Å². The minimum Gasteiger partial charge on any atom is -0.394 e. The van der Waals surface area contributed by atoms with E-state index in [2.05, 4.69) is 67.8 Å². The molecule has 2 atom stereocenters. The third-order valence-corrected chi connectivity index (χ3v) is 8.82. The number of allylic oxidation sites excluding steroid dienone is 9. The molecule has 0 bridgehead atoms. The van der Waals surface area contributed by atoms with Crippen LogP contribution < -0.4 is 5.32 Å². The fourth-order valence-corrected chi connectivity index (χ4v) is 5.78. The lowest BCUT2D eigenvalue weighted by atomic mass is 10.0. The van der Waals surface area contributed by atoms with Gasteiger partial charge in [-0.05, 0) is 38.5 Å². The Morgan fingerprint density at radius 2 is 0.851 bits per heavy atom. The number of nitrogens with one attached hydrogen (secondary N) is 1. The molecule has 0 saturated heterocycles. The van der Waals surface area contributed by atoms with Gasteiger partial charge in [0.25, 0.3) is 0 Å². The fourth-order valence-electron chi connectivity index (χ4n) is 5.78. The standard InChI is InChI=1S/C43H77NO3/c1-3-5-7-9-11-13-15-17-19-20-21-22-23-25-26-28-30-32-34-36-38-42(46)41(40-45)44-43(47)39-37-35-33-31-29-27-24-18-16-14-12-10-8-6-4-2/h6,8,12,14,18,24,29,31,35,37,41-42,45-46H,3-5,7,9-11,13,15-17,19-23,25-28,30,32-34,36,38-40H2,1-2H3,(H,44,47)/b8-6-,14-12-,24-18-,31-29-,37-35-. The average molecular weight is 656 g/mol. The van der Waals surface area contributed by atoms with Gasteiger partial charge in [-0.15, -0.1) is 0 Å². The number of carbonyl (C=O) groups excluding carboxylic acids is 1. The van der Waals surface area contributed by atoms with Gasteiger partial charge in [-0.1, -0.05) is 203 Å². The molecule has 0 aromatic rings. The highest BCUT2D eigenvalue weighted by Crippen LogP contribution is 2.15. The van der Waals surface area contributed by atoms with Crippen LogP contribution in [-0.2, 0) is 4.79 Å². The van der Waals surface area contributed by atoms with Gasteiger partial charge < -0.3 is 15.5 Å². The second-order valence-electron chi connectivity index (χ2n) is 13.3. The van der Waals surface area contributed by atoms with Crippen LogP contribution in [0.3, 0.4) is 0 Å². The molecule has 4 nitrogen and oxygen atoms in total. The predicted molar refractivity (Wildman–Crippen MR) is 207 cm³/mol. The summed E-state index contributed by atoms with van der Waals surface area (Å²) < 4.78 is 0. The van der Waals surface area contributed by atoms with Gasteiger partial charge in [0.1, 0.15) is 0 Å². The summed E-state index contributed by atoms with van der Waals surface area (Å²) in [6.45, 7) is 4.19. The Balaban J connectivity index is 3.65. The Bertz CT molecular complexity index is 797. The van der Waals surface area contributed by atoms with Gasteiger partial charge in [0.2, 0.25) is 5.91 Å². The SMILES string of the molecule is CC/C=C\C/C=C\C/C=C\C/C=C\C/C=C\CC(=O)NC(CO)C(O)CCCCCCCCCCCCCCCCCCCCCC. The second kappa shape index (κ2) is 38.5. The van der Waals surface area contributed by atoms with Crippen LogP contribution in [0.2, 0.25) is 0 Å². The van der Waals surface area contributed by atoms with E-state index in [4.69, 9.17) is 0 Å². The minimum absolute atomic E-state index is 0.159. The highest BCUT2D eigenvalue weighted by atomic mass is 16.3. The van der Waals surface area contributed by atoms with Crippen molar-refractivity contribution < 1.29 is 15.0 Å². The zero-order valence-electron chi connectivity index (χ0n) is 31.0. The van der Waals surface area contributed by atoms with Crippen LogP contribution in [0.15, 0.2) is 60.8 Å². The van der Waals surface area contributed by atoms with Gasteiger partial charge >= 0.3 is 0 Å². The summed E-state index contributed by atoms with van der Waals surface area (Å²) in [5.74, 6) is -0.159. The second-order valence-corrected chi connectivity index (χ2v) is 13.3. The molecule has 3 N–H and O–H groups in total. The zero-order valence-corrected chi connectivity index (χ0v) is 31.0. The van der Waals surface area contributed by atoms with Crippen LogP contribution in [0.25, 0.3) is 0 Å². The maximum atomic E-state index is 12.3. The molecule has 2 unspecified atom stereocenters. The van der Waals surface area contributed by atoms with Crippen molar-refractivity contribution in [1.82, 2.24) is 5.32 Å². The number of amides is 1. The van der Waals surface area contributed by atoms with Crippen molar-refractivity contribution in [2.75, 3.05) is 6.61 Å². The van der Waals surface area contributed by atoms with Gasteiger partial charge in [0.05, 0.1) is 18.8 Å². The first-order chi connectivity index (χ1) is 23.2. The molecule has 0 rings (SSSR count). The van der Waals surface area contributed by atoms with Gasteiger partial charge in [-0.25, -0.2) is 0 Å². The minimum atomic E-state index is -0.701. The molecule has 0 aromatic carbocycles. The molecular formula is C43H77NO3. The van der Waals surface area contributed by atoms with Crippen LogP contribution in [0.1, 0.15) is 187 Å². The highest BCUT2D eigenvalue weighted by Gasteiger charge is 2.19. The molecule has 47 heavy (non-hydrogen) atoms. The molecule has 0 saturated carbocycles. The molecule has 0 radical (unpaired) electrons. The topological polar surface area (TPSA) is 69.6 Å². The number of hydrogen-bond donors (Lipinski definition) is 3. The highest BCUT2D eigenvalue weighted by molar-refractivity contribution is 5.77. The van der Waals surface area contributed by atoms with E-state index in [-0.39, 0.29) is 18.9 Å². The molecule has 0 spiro atoms. The van der Waals surface area contributed by atoms with Crippen molar-refractivity contribution >= 4 is 5.91 Å². The number of carbonyl (C=O) groups is 1. The number of aliphatic hydroxyl groups is 2. The summed E-state index contributed by atoms with van der Waals surface area (Å²) in [7, 11) is 0. The smallest absolute Gasteiger partial charge is 0.224 e. The van der Waals surface area contributed by atoms with Crippen LogP contribution in [0, 0.1) is 0 Å². The van der Waals surface area contributed by atoms with Crippen LogP contribution in [-0.4, -0.2) is 34.9 Å². The normalized spacial score (nSPS) is 13.7. The van der Waals surface area contributed by atoms with Crippen molar-refractivity contribution in [2.24, 2.45) is 0 Å². The Morgan fingerprint density at radius 1 is 0.511 bits per heavy atom. The van der Waals surface area contributed by atoms with E-state index in [1.807, 2.05) is 12.2 Å². The summed E-state index contributed by atoms with van der Waals surface area (Å²) in [5, 5.41) is 23.0. The van der Waals surface area contributed by atoms with Gasteiger partial charge in [0.15, 0.2) is 0 Å². The number of rotatable bonds is 35. The zero-order chi connectivity index (χ0) is 34.3. The van der Waals surface area contributed by atoms with E-state index in [0.717, 1.165) is 44.9 Å². The maximum Gasteiger partial charge on any atom is 0.224 e. The first-order valence-corrected chi connectivity index (χ1v) is 20.0. The fraction of sp³-hybridized carbons (Fsp3) is 0.744. The molecular weight excluding hydrogens is 578 g/mol. The summed E-state index contributed by atoms with van der Waals surface area (Å²) >= 11 is 0. The van der Waals surface area contributed by atoms with Gasteiger partial charge in [-0.3, -0.25) is 4.79 Å². The quantitative estimate of drug-likeness (QED) is 0.0470. The summed E-state index contributed by atoms with van der Waals surface area (Å²) in [5.41, 5.74) is 0. The number of unbranched alkanes of at least 4 members (excludes halogenated alkanes) is 19. The van der Waals surface area contributed by atoms with Crippen molar-refractivity contribution in [1.29, 1.82) is 0 Å². The molecule has 1 amide bonds. The van der Waals surface area contributed by atoms with Crippen LogP contribution in [0.5, 0.6) is 0 Å². The lowest BCUT2D eigenvalue weighted by Gasteiger charge is -2.22. The first-order valence-electron chi connectivity index (χ1n) is 20.0. The van der Waals surface area contributed by atoms with Crippen molar-refractivity contribution in [2.45, 2.75) is 199 Å². The summed E-state index contributed by atoms with van der Waals surface area (Å²) in [4.78, 5) is 12.3. The molecule has 0 aliphatic carbocycles. The number of aliphatic hydroxyl groups excluding tert-OH is 2. The van der Waals surface area contributed by atoms with Crippen LogP contribution in [0.4, 0.5) is 0 Å². The molecule has 0 heterocycles. The Morgan fingerprint density at radius 3 is 1.21 bits per heavy atom. The molecule has 0 aromatic heterocycles. The maximum absolute atomic E-state index is 12.3. The van der Waals surface area contributed by atoms with E-state index in [9.17, 15) is 15.0 Å². The predicted octanol–water partition coefficient (Wildman–Crippen LogP) is 12.2. The monoisotopic (exact) mass is 656 g/mol. The molecule has 272 valence electrons. The average Bonchev–Trinajstić information content (AvgIpc) is 3.07. The molecule has 0 aliphatic heterocycles. The third kappa shape index (κ3) is 35.2. The van der Waals surface area contributed by atoms with E-state index in [0.29, 0.717) is 6.42 Å². The first kappa shape index (κ1) is 45.1. The number of hydrogen-bond acceptors (Lipinski definition) is 3. The van der Waals surface area contributed by atoms with E-state index in [1.165, 1.54) is 116 Å². The lowest BCUT2D eigenvalue weighted by molar-refractivity contribution is -0.122. The van der Waals surface area contributed by atoms with Crippen molar-refractivity contribution in [3.8, 4) is 0 Å². The summed E-state index contributed by atoms with van der Waals surface area (Å²) in [6, 6.07) is -0.592. The largest absolute Gasteiger partial charge is 0.394 e. The van der Waals surface area contributed by atoms with Crippen molar-refractivity contribution in [3.05, 3.63) is 60.8 Å². The summed E-state index contributed by atoms with van der Waals surface area (Å²) in [6.07, 6.45) is 53.1. The Hall–Kier alpha value is -1.91. The third-order valence-electron chi connectivity index (χ3n) is 8.82. The van der Waals surface area contributed by atoms with Gasteiger partial charge in [-0.2, -0.15) is 0 Å².